The van der Waals surface area contributed by atoms with Gasteiger partial charge in [-0.15, -0.1) is 0 Å². The number of nitrogens with one attached hydrogen (secondary N) is 1. The first-order valence-electron chi connectivity index (χ1n) is 6.34. The number of carbonyl (C=O) groups excluding carboxylic acids is 1. The van der Waals surface area contributed by atoms with Gasteiger partial charge in [0, 0.05) is 6.54 Å². The minimum absolute atomic E-state index is 0.407. The molecule has 1 fully saturated rings. The molecule has 1 aromatic carbocycles. The summed E-state index contributed by atoms with van der Waals surface area (Å²) in [5.74, 6) is 1.29. The van der Waals surface area contributed by atoms with Crippen molar-refractivity contribution in [3.63, 3.8) is 0 Å². The van der Waals surface area contributed by atoms with E-state index in [9.17, 15) is 4.79 Å². The molecule has 0 aromatic heterocycles. The highest BCUT2D eigenvalue weighted by Crippen LogP contribution is 2.35. The predicted molar refractivity (Wildman–Crippen MR) is 68.7 cm³/mol. The van der Waals surface area contributed by atoms with Gasteiger partial charge in [0.15, 0.2) is 0 Å². The van der Waals surface area contributed by atoms with Crippen LogP contribution in [0.25, 0.3) is 0 Å². The molecule has 0 atom stereocenters. The third kappa shape index (κ3) is 3.48. The van der Waals surface area contributed by atoms with Crippen molar-refractivity contribution in [3.8, 4) is 0 Å². The molecule has 2 amide bonds. The lowest BCUT2D eigenvalue weighted by atomic mass is 9.79. The van der Waals surface area contributed by atoms with E-state index in [-0.39, 0.29) is 0 Å². The highest BCUT2D eigenvalue weighted by molar-refractivity contribution is 5.71. The minimum Gasteiger partial charge on any atom is -0.352 e. The van der Waals surface area contributed by atoms with E-state index in [0.29, 0.717) is 11.8 Å². The van der Waals surface area contributed by atoms with Gasteiger partial charge in [0.2, 0.25) is 0 Å². The van der Waals surface area contributed by atoms with Gasteiger partial charge in [0.1, 0.15) is 0 Å². The van der Waals surface area contributed by atoms with Crippen LogP contribution in [-0.2, 0) is 0 Å². The molecular weight excluding hydrogens is 212 g/mol. The molecule has 1 aliphatic carbocycles. The van der Waals surface area contributed by atoms with Crippen LogP contribution in [0.1, 0.15) is 37.2 Å². The van der Waals surface area contributed by atoms with Crippen LogP contribution < -0.4 is 11.1 Å². The van der Waals surface area contributed by atoms with Crippen LogP contribution in [0.3, 0.4) is 0 Å². The molecule has 1 saturated carbocycles. The lowest BCUT2D eigenvalue weighted by molar-refractivity contribution is 0.243. The average Bonchev–Trinajstić information content (AvgIpc) is 2.38. The van der Waals surface area contributed by atoms with Crippen LogP contribution in [0.15, 0.2) is 30.3 Å². The summed E-state index contributed by atoms with van der Waals surface area (Å²) >= 11 is 0. The van der Waals surface area contributed by atoms with Crippen LogP contribution in [0.5, 0.6) is 0 Å². The fourth-order valence-electron chi connectivity index (χ4n) is 2.67. The van der Waals surface area contributed by atoms with Crippen molar-refractivity contribution >= 4 is 6.03 Å². The molecule has 0 unspecified atom stereocenters. The summed E-state index contributed by atoms with van der Waals surface area (Å²) in [6, 6.07) is 10.3. The molecule has 0 aliphatic heterocycles. The number of carbonyl (C=O) groups is 1. The van der Waals surface area contributed by atoms with Gasteiger partial charge in [0.25, 0.3) is 0 Å². The van der Waals surface area contributed by atoms with E-state index in [2.05, 4.69) is 35.6 Å². The second kappa shape index (κ2) is 5.71. The molecule has 1 aliphatic rings. The maximum Gasteiger partial charge on any atom is 0.312 e. The quantitative estimate of drug-likeness (QED) is 0.827. The Morgan fingerprint density at radius 3 is 2.41 bits per heavy atom. The number of primary amides is 1. The van der Waals surface area contributed by atoms with Gasteiger partial charge >= 0.3 is 6.03 Å². The second-order valence-corrected chi connectivity index (χ2v) is 4.87. The molecule has 0 bridgehead atoms. The largest absolute Gasteiger partial charge is 0.352 e. The Kier molecular flexibility index (Phi) is 4.02. The standard InChI is InChI=1S/C14H20N2O/c15-14(17)16-10-11-6-8-13(9-7-11)12-4-2-1-3-5-12/h1-5,11,13H,6-10H2,(H3,15,16,17). The van der Waals surface area contributed by atoms with E-state index < -0.39 is 6.03 Å². The van der Waals surface area contributed by atoms with E-state index in [1.54, 1.807) is 0 Å². The third-order valence-electron chi connectivity index (χ3n) is 3.68. The first-order chi connectivity index (χ1) is 8.25. The number of benzene rings is 1. The van der Waals surface area contributed by atoms with E-state index in [4.69, 9.17) is 5.73 Å². The summed E-state index contributed by atoms with van der Waals surface area (Å²) in [4.78, 5) is 10.6. The smallest absolute Gasteiger partial charge is 0.312 e. The zero-order valence-electron chi connectivity index (χ0n) is 10.1. The van der Waals surface area contributed by atoms with Gasteiger partial charge < -0.3 is 11.1 Å². The number of hydrogen-bond acceptors (Lipinski definition) is 1. The highest BCUT2D eigenvalue weighted by atomic mass is 16.2. The molecule has 0 heterocycles. The third-order valence-corrected chi connectivity index (χ3v) is 3.68. The summed E-state index contributed by atoms with van der Waals surface area (Å²) in [5, 5.41) is 2.71. The van der Waals surface area contributed by atoms with Crippen molar-refractivity contribution in [2.24, 2.45) is 11.7 Å². The van der Waals surface area contributed by atoms with Crippen LogP contribution in [0.2, 0.25) is 0 Å². The van der Waals surface area contributed by atoms with Crippen molar-refractivity contribution in [2.75, 3.05) is 6.54 Å². The van der Waals surface area contributed by atoms with E-state index in [1.165, 1.54) is 31.2 Å². The van der Waals surface area contributed by atoms with Gasteiger partial charge in [-0.05, 0) is 43.1 Å². The lowest BCUT2D eigenvalue weighted by Crippen LogP contribution is -2.34. The first kappa shape index (κ1) is 12.0. The number of hydrogen-bond donors (Lipinski definition) is 2. The maximum atomic E-state index is 10.6. The fraction of sp³-hybridized carbons (Fsp3) is 0.500. The molecule has 0 saturated heterocycles. The Balaban J connectivity index is 1.80. The van der Waals surface area contributed by atoms with Crippen LogP contribution in [-0.4, -0.2) is 12.6 Å². The maximum absolute atomic E-state index is 10.6. The molecule has 0 radical (unpaired) electrons. The van der Waals surface area contributed by atoms with Crippen molar-refractivity contribution in [2.45, 2.75) is 31.6 Å². The molecule has 92 valence electrons. The number of amides is 2. The summed E-state index contributed by atoms with van der Waals surface area (Å²) in [7, 11) is 0. The Bertz CT molecular complexity index is 356. The summed E-state index contributed by atoms with van der Waals surface area (Å²) in [5.41, 5.74) is 6.53. The molecule has 17 heavy (non-hydrogen) atoms. The second-order valence-electron chi connectivity index (χ2n) is 4.87. The minimum atomic E-state index is -0.407. The van der Waals surface area contributed by atoms with E-state index in [1.807, 2.05) is 0 Å². The lowest BCUT2D eigenvalue weighted by Gasteiger charge is -2.28. The zero-order chi connectivity index (χ0) is 12.1. The van der Waals surface area contributed by atoms with Crippen molar-refractivity contribution in [1.82, 2.24) is 5.32 Å². The van der Waals surface area contributed by atoms with Crippen molar-refractivity contribution < 1.29 is 4.79 Å². The summed E-state index contributed by atoms with van der Waals surface area (Å²) < 4.78 is 0. The Morgan fingerprint density at radius 2 is 1.82 bits per heavy atom. The van der Waals surface area contributed by atoms with Crippen molar-refractivity contribution in [1.29, 1.82) is 0 Å². The zero-order valence-corrected chi connectivity index (χ0v) is 10.1. The highest BCUT2D eigenvalue weighted by Gasteiger charge is 2.22. The molecular formula is C14H20N2O. The molecule has 0 spiro atoms. The van der Waals surface area contributed by atoms with Gasteiger partial charge in [-0.3, -0.25) is 0 Å². The Labute approximate surface area is 102 Å². The molecule has 2 rings (SSSR count). The average molecular weight is 232 g/mol. The summed E-state index contributed by atoms with van der Waals surface area (Å²) in [6.45, 7) is 0.733. The molecule has 3 N–H and O–H groups in total. The fourth-order valence-corrected chi connectivity index (χ4v) is 2.67. The van der Waals surface area contributed by atoms with Crippen LogP contribution in [0, 0.1) is 5.92 Å². The Morgan fingerprint density at radius 1 is 1.18 bits per heavy atom. The monoisotopic (exact) mass is 232 g/mol. The van der Waals surface area contributed by atoms with Gasteiger partial charge in [-0.25, -0.2) is 4.79 Å². The Hall–Kier alpha value is -1.51. The number of urea groups is 1. The van der Waals surface area contributed by atoms with Crippen LogP contribution >= 0.6 is 0 Å². The van der Waals surface area contributed by atoms with Crippen LogP contribution in [0.4, 0.5) is 4.79 Å². The van der Waals surface area contributed by atoms with E-state index in [0.717, 1.165) is 6.54 Å². The number of nitrogens with two attached hydrogens (primary N) is 1. The van der Waals surface area contributed by atoms with Gasteiger partial charge in [-0.1, -0.05) is 30.3 Å². The van der Waals surface area contributed by atoms with E-state index >= 15 is 0 Å². The SMILES string of the molecule is NC(=O)NCC1CCC(c2ccccc2)CC1. The molecule has 3 heteroatoms. The molecule has 1 aromatic rings. The number of rotatable bonds is 3. The molecule has 3 nitrogen and oxygen atoms in total. The topological polar surface area (TPSA) is 55.1 Å². The van der Waals surface area contributed by atoms with Crippen molar-refractivity contribution in [3.05, 3.63) is 35.9 Å². The van der Waals surface area contributed by atoms with Gasteiger partial charge in [-0.2, -0.15) is 0 Å². The first-order valence-corrected chi connectivity index (χ1v) is 6.34. The summed E-state index contributed by atoms with van der Waals surface area (Å²) in [6.07, 6.45) is 4.80. The van der Waals surface area contributed by atoms with Gasteiger partial charge in [0.05, 0.1) is 0 Å². The normalized spacial score (nSPS) is 24.2. The predicted octanol–water partition coefficient (Wildman–Crippen LogP) is 2.63.